The van der Waals surface area contributed by atoms with Crippen molar-refractivity contribution >= 4 is 17.6 Å². The van der Waals surface area contributed by atoms with Crippen molar-refractivity contribution in [2.45, 2.75) is 13.0 Å². The van der Waals surface area contributed by atoms with Crippen LogP contribution < -0.4 is 0 Å². The minimum atomic E-state index is -0.749. The highest BCUT2D eigenvalue weighted by Crippen LogP contribution is 2.12. The molecule has 72 valence electrons. The summed E-state index contributed by atoms with van der Waals surface area (Å²) in [6, 6.07) is 8.19. The Kier molecular flexibility index (Phi) is 3.49. The van der Waals surface area contributed by atoms with E-state index in [0.717, 1.165) is 0 Å². The largest absolute Gasteiger partial charge is 0.444 e. The number of rotatable bonds is 2. The first-order valence-corrected chi connectivity index (χ1v) is 4.37. The second-order valence-electron chi connectivity index (χ2n) is 2.69. The van der Waals surface area contributed by atoms with Gasteiger partial charge in [-0.2, -0.15) is 5.26 Å². The van der Waals surface area contributed by atoms with Gasteiger partial charge in [-0.3, -0.25) is 0 Å². The van der Waals surface area contributed by atoms with Crippen LogP contribution in [0.2, 0.25) is 5.02 Å². The van der Waals surface area contributed by atoms with Crippen LogP contribution in [0.3, 0.4) is 0 Å². The van der Waals surface area contributed by atoms with Crippen LogP contribution in [0.1, 0.15) is 17.3 Å². The maximum atomic E-state index is 11.3. The van der Waals surface area contributed by atoms with Crippen LogP contribution in [0.15, 0.2) is 24.3 Å². The van der Waals surface area contributed by atoms with Gasteiger partial charge in [0.05, 0.1) is 5.56 Å². The Morgan fingerprint density at radius 3 is 2.93 bits per heavy atom. The van der Waals surface area contributed by atoms with Gasteiger partial charge in [0.1, 0.15) is 6.07 Å². The third-order valence-electron chi connectivity index (χ3n) is 1.53. The summed E-state index contributed by atoms with van der Waals surface area (Å²) in [4.78, 5) is 11.3. The van der Waals surface area contributed by atoms with Crippen molar-refractivity contribution in [2.75, 3.05) is 0 Å². The van der Waals surface area contributed by atoms with Crippen molar-refractivity contribution < 1.29 is 9.53 Å². The van der Waals surface area contributed by atoms with Crippen molar-refractivity contribution in [3.05, 3.63) is 34.9 Å². The first kappa shape index (κ1) is 10.6. The minimum Gasteiger partial charge on any atom is -0.444 e. The zero-order valence-electron chi connectivity index (χ0n) is 7.53. The minimum absolute atomic E-state index is 0.347. The van der Waals surface area contributed by atoms with E-state index in [2.05, 4.69) is 0 Å². The predicted molar refractivity (Wildman–Crippen MR) is 51.9 cm³/mol. The average molecular weight is 210 g/mol. The summed E-state index contributed by atoms with van der Waals surface area (Å²) in [6.45, 7) is 1.50. The van der Waals surface area contributed by atoms with Gasteiger partial charge in [0.2, 0.25) is 0 Å². The molecule has 1 aromatic carbocycles. The second-order valence-corrected chi connectivity index (χ2v) is 3.12. The van der Waals surface area contributed by atoms with E-state index in [1.54, 1.807) is 24.3 Å². The third-order valence-corrected chi connectivity index (χ3v) is 1.76. The lowest BCUT2D eigenvalue weighted by Crippen LogP contribution is -2.12. The summed E-state index contributed by atoms with van der Waals surface area (Å²) in [6.07, 6.45) is -0.749. The number of benzene rings is 1. The van der Waals surface area contributed by atoms with Crippen molar-refractivity contribution in [3.63, 3.8) is 0 Å². The fourth-order valence-corrected chi connectivity index (χ4v) is 1.06. The predicted octanol–water partition coefficient (Wildman–Crippen LogP) is 2.41. The molecule has 0 saturated heterocycles. The molecule has 0 N–H and O–H groups in total. The fraction of sp³-hybridized carbons (Fsp3) is 0.200. The number of carbonyl (C=O) groups is 1. The van der Waals surface area contributed by atoms with E-state index in [-0.39, 0.29) is 0 Å². The molecule has 0 fully saturated rings. The molecular weight excluding hydrogens is 202 g/mol. The normalized spacial score (nSPS) is 11.5. The lowest BCUT2D eigenvalue weighted by Gasteiger charge is -2.05. The summed E-state index contributed by atoms with van der Waals surface area (Å²) in [7, 11) is 0. The molecule has 14 heavy (non-hydrogen) atoms. The SMILES string of the molecule is CC(C#N)OC(=O)c1cccc(Cl)c1. The van der Waals surface area contributed by atoms with Crippen LogP contribution in [0, 0.1) is 11.3 Å². The molecule has 0 saturated carbocycles. The fourth-order valence-electron chi connectivity index (χ4n) is 0.870. The molecule has 0 heterocycles. The highest BCUT2D eigenvalue weighted by molar-refractivity contribution is 6.30. The molecular formula is C10H8ClNO2. The van der Waals surface area contributed by atoms with Crippen molar-refractivity contribution in [3.8, 4) is 6.07 Å². The van der Waals surface area contributed by atoms with Gasteiger partial charge < -0.3 is 4.74 Å². The van der Waals surface area contributed by atoms with Gasteiger partial charge in [0.25, 0.3) is 0 Å². The molecule has 0 amide bonds. The summed E-state index contributed by atoms with van der Waals surface area (Å²) >= 11 is 5.69. The summed E-state index contributed by atoms with van der Waals surface area (Å²) in [5, 5.41) is 8.89. The number of nitriles is 1. The number of esters is 1. The zero-order valence-corrected chi connectivity index (χ0v) is 8.28. The van der Waals surface area contributed by atoms with Crippen molar-refractivity contribution in [1.29, 1.82) is 5.26 Å². The molecule has 0 aliphatic carbocycles. The first-order chi connectivity index (χ1) is 6.63. The van der Waals surface area contributed by atoms with Gasteiger partial charge in [-0.15, -0.1) is 0 Å². The van der Waals surface area contributed by atoms with Gasteiger partial charge in [-0.1, -0.05) is 17.7 Å². The van der Waals surface area contributed by atoms with Gasteiger partial charge in [-0.05, 0) is 25.1 Å². The average Bonchev–Trinajstić information content (AvgIpc) is 2.17. The van der Waals surface area contributed by atoms with Gasteiger partial charge in [-0.25, -0.2) is 4.79 Å². The maximum Gasteiger partial charge on any atom is 0.339 e. The van der Waals surface area contributed by atoms with Crippen LogP contribution in [0.4, 0.5) is 0 Å². The highest BCUT2D eigenvalue weighted by atomic mass is 35.5. The van der Waals surface area contributed by atoms with Crippen LogP contribution in [0.25, 0.3) is 0 Å². The molecule has 0 aromatic heterocycles. The van der Waals surface area contributed by atoms with Crippen LogP contribution >= 0.6 is 11.6 Å². The number of hydrogen-bond donors (Lipinski definition) is 0. The molecule has 1 unspecified atom stereocenters. The van der Waals surface area contributed by atoms with Crippen LogP contribution in [-0.2, 0) is 4.74 Å². The summed E-state index contributed by atoms with van der Waals surface area (Å²) in [5.41, 5.74) is 0.347. The van der Waals surface area contributed by atoms with Crippen LogP contribution in [-0.4, -0.2) is 12.1 Å². The Morgan fingerprint density at radius 1 is 1.64 bits per heavy atom. The Labute approximate surface area is 86.9 Å². The summed E-state index contributed by atoms with van der Waals surface area (Å²) < 4.78 is 4.78. The van der Waals surface area contributed by atoms with E-state index in [4.69, 9.17) is 21.6 Å². The van der Waals surface area contributed by atoms with Crippen LogP contribution in [0.5, 0.6) is 0 Å². The molecule has 0 bridgehead atoms. The van der Waals surface area contributed by atoms with Crippen molar-refractivity contribution in [2.24, 2.45) is 0 Å². The topological polar surface area (TPSA) is 50.1 Å². The molecule has 1 aromatic rings. The lowest BCUT2D eigenvalue weighted by molar-refractivity contribution is 0.0435. The standard InChI is InChI=1S/C10H8ClNO2/c1-7(6-12)14-10(13)8-3-2-4-9(11)5-8/h2-5,7H,1H3. The number of hydrogen-bond acceptors (Lipinski definition) is 3. The monoisotopic (exact) mass is 209 g/mol. The van der Waals surface area contributed by atoms with E-state index in [1.807, 2.05) is 0 Å². The van der Waals surface area contributed by atoms with Gasteiger partial charge >= 0.3 is 5.97 Å². The Hall–Kier alpha value is -1.53. The molecule has 4 heteroatoms. The van der Waals surface area contributed by atoms with E-state index < -0.39 is 12.1 Å². The van der Waals surface area contributed by atoms with Gasteiger partial charge in [0, 0.05) is 5.02 Å². The number of halogens is 1. The third kappa shape index (κ3) is 2.75. The quantitative estimate of drug-likeness (QED) is 0.703. The number of carbonyl (C=O) groups excluding carboxylic acids is 1. The van der Waals surface area contributed by atoms with E-state index in [0.29, 0.717) is 10.6 Å². The molecule has 0 spiro atoms. The number of ether oxygens (including phenoxy) is 1. The molecule has 0 aliphatic heterocycles. The second kappa shape index (κ2) is 4.64. The smallest absolute Gasteiger partial charge is 0.339 e. The first-order valence-electron chi connectivity index (χ1n) is 3.99. The Bertz CT molecular complexity index is 384. The number of nitrogens with zero attached hydrogens (tertiary/aromatic N) is 1. The highest BCUT2D eigenvalue weighted by Gasteiger charge is 2.10. The van der Waals surface area contributed by atoms with E-state index >= 15 is 0 Å². The van der Waals surface area contributed by atoms with E-state index in [9.17, 15) is 4.79 Å². The molecule has 3 nitrogen and oxygen atoms in total. The molecule has 1 rings (SSSR count). The zero-order chi connectivity index (χ0) is 10.6. The van der Waals surface area contributed by atoms with Crippen molar-refractivity contribution in [1.82, 2.24) is 0 Å². The molecule has 1 atom stereocenters. The molecule has 0 aliphatic rings. The summed E-state index contributed by atoms with van der Waals surface area (Å²) in [5.74, 6) is -0.540. The maximum absolute atomic E-state index is 11.3. The molecule has 0 radical (unpaired) electrons. The Balaban J connectivity index is 2.76. The lowest BCUT2D eigenvalue weighted by atomic mass is 10.2. The Morgan fingerprint density at radius 2 is 2.36 bits per heavy atom. The van der Waals surface area contributed by atoms with E-state index in [1.165, 1.54) is 13.0 Å². The van der Waals surface area contributed by atoms with Gasteiger partial charge in [0.15, 0.2) is 6.10 Å².